The SMILES string of the molecule is NC(=O)c1ccc2no[n+]([O-])c2c1. The molecule has 1 amide bonds. The first-order valence-electron chi connectivity index (χ1n) is 3.48. The minimum atomic E-state index is -0.594. The Balaban J connectivity index is 2.72. The van der Waals surface area contributed by atoms with Gasteiger partial charge < -0.3 is 10.9 Å². The van der Waals surface area contributed by atoms with Crippen LogP contribution in [0.4, 0.5) is 0 Å². The first kappa shape index (κ1) is 7.53. The summed E-state index contributed by atoms with van der Waals surface area (Å²) < 4.78 is 4.31. The molecule has 0 aliphatic carbocycles. The minimum Gasteiger partial charge on any atom is -0.366 e. The van der Waals surface area contributed by atoms with Gasteiger partial charge in [0.1, 0.15) is 0 Å². The van der Waals surface area contributed by atoms with Gasteiger partial charge >= 0.3 is 0 Å². The number of hydrogen-bond acceptors (Lipinski definition) is 4. The summed E-state index contributed by atoms with van der Waals surface area (Å²) in [6, 6.07) is 4.31. The molecule has 13 heavy (non-hydrogen) atoms. The topological polar surface area (TPSA) is 96.1 Å². The van der Waals surface area contributed by atoms with Crippen LogP contribution in [-0.4, -0.2) is 11.1 Å². The van der Waals surface area contributed by atoms with Crippen LogP contribution in [0.5, 0.6) is 0 Å². The second-order valence-electron chi connectivity index (χ2n) is 2.50. The molecule has 66 valence electrons. The summed E-state index contributed by atoms with van der Waals surface area (Å²) in [5.41, 5.74) is 5.85. The molecular formula is C7H5N3O3. The van der Waals surface area contributed by atoms with E-state index in [1.165, 1.54) is 18.2 Å². The maximum absolute atomic E-state index is 10.9. The molecule has 0 saturated heterocycles. The smallest absolute Gasteiger partial charge is 0.248 e. The van der Waals surface area contributed by atoms with Gasteiger partial charge in [-0.3, -0.25) is 9.42 Å². The number of hydrogen-bond donors (Lipinski definition) is 1. The van der Waals surface area contributed by atoms with Gasteiger partial charge in [-0.25, -0.2) is 0 Å². The second kappa shape index (κ2) is 2.44. The molecule has 0 spiro atoms. The van der Waals surface area contributed by atoms with E-state index in [0.717, 1.165) is 0 Å². The molecule has 0 aliphatic rings. The van der Waals surface area contributed by atoms with Crippen LogP contribution in [0.25, 0.3) is 11.0 Å². The van der Waals surface area contributed by atoms with E-state index in [-0.39, 0.29) is 16.0 Å². The zero-order chi connectivity index (χ0) is 9.42. The number of aromatic nitrogens is 2. The fourth-order valence-corrected chi connectivity index (χ4v) is 1.03. The van der Waals surface area contributed by atoms with Crippen molar-refractivity contribution in [2.45, 2.75) is 0 Å². The third-order valence-electron chi connectivity index (χ3n) is 1.67. The highest BCUT2D eigenvalue weighted by atomic mass is 16.8. The van der Waals surface area contributed by atoms with Crippen molar-refractivity contribution in [2.75, 3.05) is 0 Å². The number of amides is 1. The second-order valence-corrected chi connectivity index (χ2v) is 2.50. The quantitative estimate of drug-likeness (QED) is 0.600. The Kier molecular flexibility index (Phi) is 1.42. The van der Waals surface area contributed by atoms with Crippen molar-refractivity contribution >= 4 is 16.9 Å². The number of benzene rings is 1. The Morgan fingerprint density at radius 2 is 2.38 bits per heavy atom. The molecule has 6 nitrogen and oxygen atoms in total. The van der Waals surface area contributed by atoms with Crippen LogP contribution in [-0.2, 0) is 0 Å². The average Bonchev–Trinajstić information content (AvgIpc) is 2.47. The molecule has 1 aromatic heterocycles. The van der Waals surface area contributed by atoms with Gasteiger partial charge in [-0.1, -0.05) is 0 Å². The lowest BCUT2D eigenvalue weighted by Crippen LogP contribution is -2.23. The van der Waals surface area contributed by atoms with Crippen LogP contribution in [0.2, 0.25) is 0 Å². The van der Waals surface area contributed by atoms with Crippen molar-refractivity contribution in [1.82, 2.24) is 5.16 Å². The largest absolute Gasteiger partial charge is 0.366 e. The van der Waals surface area contributed by atoms with E-state index in [1.54, 1.807) is 0 Å². The molecule has 0 atom stereocenters. The summed E-state index contributed by atoms with van der Waals surface area (Å²) in [6.07, 6.45) is 0. The molecule has 1 heterocycles. The van der Waals surface area contributed by atoms with Gasteiger partial charge in [0.05, 0.1) is 0 Å². The van der Waals surface area contributed by atoms with Gasteiger partial charge in [-0.05, 0) is 17.0 Å². The molecule has 0 saturated carbocycles. The van der Waals surface area contributed by atoms with Crippen molar-refractivity contribution < 1.29 is 14.3 Å². The molecule has 2 N–H and O–H groups in total. The van der Waals surface area contributed by atoms with Crippen molar-refractivity contribution in [3.8, 4) is 0 Å². The van der Waals surface area contributed by atoms with Crippen LogP contribution < -0.4 is 10.6 Å². The Hall–Kier alpha value is -2.11. The van der Waals surface area contributed by atoms with E-state index >= 15 is 0 Å². The minimum absolute atomic E-state index is 0.191. The highest BCUT2D eigenvalue weighted by Gasteiger charge is 2.11. The maximum Gasteiger partial charge on any atom is 0.248 e. The molecule has 0 fully saturated rings. The normalized spacial score (nSPS) is 10.5. The van der Waals surface area contributed by atoms with Crippen molar-refractivity contribution in [3.05, 3.63) is 29.0 Å². The Labute approximate surface area is 72.1 Å². The molecule has 2 rings (SSSR count). The summed E-state index contributed by atoms with van der Waals surface area (Å²) >= 11 is 0. The molecule has 6 heteroatoms. The van der Waals surface area contributed by atoms with Crippen LogP contribution in [0.1, 0.15) is 10.4 Å². The lowest BCUT2D eigenvalue weighted by atomic mass is 10.2. The fourth-order valence-electron chi connectivity index (χ4n) is 1.03. The van der Waals surface area contributed by atoms with Crippen LogP contribution in [0.15, 0.2) is 22.8 Å². The van der Waals surface area contributed by atoms with Crippen molar-refractivity contribution in [1.29, 1.82) is 0 Å². The van der Waals surface area contributed by atoms with Crippen molar-refractivity contribution in [3.63, 3.8) is 0 Å². The van der Waals surface area contributed by atoms with Gasteiger partial charge in [0.2, 0.25) is 16.9 Å². The Bertz CT molecular complexity index is 477. The summed E-state index contributed by atoms with van der Waals surface area (Å²) in [4.78, 5) is 11.0. The van der Waals surface area contributed by atoms with E-state index in [2.05, 4.69) is 9.79 Å². The summed E-state index contributed by atoms with van der Waals surface area (Å²) in [5.74, 6) is -0.594. The van der Waals surface area contributed by atoms with E-state index in [4.69, 9.17) is 5.73 Å². The maximum atomic E-state index is 10.9. The van der Waals surface area contributed by atoms with E-state index < -0.39 is 5.91 Å². The van der Waals surface area contributed by atoms with Crippen molar-refractivity contribution in [2.24, 2.45) is 5.73 Å². The summed E-state index contributed by atoms with van der Waals surface area (Å²) in [6.45, 7) is 0. The molecule has 0 unspecified atom stereocenters. The van der Waals surface area contributed by atoms with E-state index in [9.17, 15) is 10.0 Å². The predicted molar refractivity (Wildman–Crippen MR) is 41.5 cm³/mol. The third-order valence-corrected chi connectivity index (χ3v) is 1.67. The molecule has 0 aliphatic heterocycles. The predicted octanol–water partition coefficient (Wildman–Crippen LogP) is -0.440. The van der Waals surface area contributed by atoms with Gasteiger partial charge in [0.15, 0.2) is 0 Å². The number of carbonyl (C=O) groups is 1. The number of nitrogens with two attached hydrogens (primary N) is 1. The summed E-state index contributed by atoms with van der Waals surface area (Å²) in [7, 11) is 0. The first-order chi connectivity index (χ1) is 6.18. The van der Waals surface area contributed by atoms with Crippen LogP contribution in [0.3, 0.4) is 0 Å². The van der Waals surface area contributed by atoms with Gasteiger partial charge in [-0.2, -0.15) is 0 Å². The van der Waals surface area contributed by atoms with E-state index in [0.29, 0.717) is 5.52 Å². The highest BCUT2D eigenvalue weighted by Crippen LogP contribution is 2.09. The Morgan fingerprint density at radius 3 is 3.08 bits per heavy atom. The first-order valence-corrected chi connectivity index (χ1v) is 3.48. The van der Waals surface area contributed by atoms with Crippen LogP contribution in [0, 0.1) is 5.21 Å². The standard InChI is InChI=1S/C7H5N3O3/c8-7(11)4-1-2-5-6(3-4)10(12)13-9-5/h1-3H,(H2,8,11). The molecular weight excluding hydrogens is 174 g/mol. The van der Waals surface area contributed by atoms with Crippen LogP contribution >= 0.6 is 0 Å². The Morgan fingerprint density at radius 1 is 1.62 bits per heavy atom. The zero-order valence-corrected chi connectivity index (χ0v) is 6.43. The van der Waals surface area contributed by atoms with Gasteiger partial charge in [-0.15, -0.1) is 0 Å². The number of rotatable bonds is 1. The third kappa shape index (κ3) is 1.08. The molecule has 1 aromatic carbocycles. The number of primary amides is 1. The lowest BCUT2D eigenvalue weighted by Gasteiger charge is -1.91. The van der Waals surface area contributed by atoms with Gasteiger partial charge in [0.25, 0.3) is 0 Å². The molecule has 0 radical (unpaired) electrons. The zero-order valence-electron chi connectivity index (χ0n) is 6.43. The highest BCUT2D eigenvalue weighted by molar-refractivity contribution is 5.95. The molecule has 2 aromatic rings. The number of nitrogens with zero attached hydrogens (tertiary/aromatic N) is 2. The molecule has 0 bridgehead atoms. The summed E-state index contributed by atoms with van der Waals surface area (Å²) in [5, 5.41) is 14.3. The fraction of sp³-hybridized carbons (Fsp3) is 0. The van der Waals surface area contributed by atoms with E-state index in [1.807, 2.05) is 0 Å². The monoisotopic (exact) mass is 179 g/mol. The van der Waals surface area contributed by atoms with Gasteiger partial charge in [0, 0.05) is 16.8 Å². The number of fused-ring (bicyclic) bond motifs is 1. The lowest BCUT2D eigenvalue weighted by molar-refractivity contribution is -0.782. The average molecular weight is 179 g/mol. The number of carbonyl (C=O) groups excluding carboxylic acids is 1.